The largest absolute Gasteiger partial charge is 0.390 e. The second kappa shape index (κ2) is 10.6. The van der Waals surface area contributed by atoms with E-state index in [4.69, 9.17) is 4.74 Å². The van der Waals surface area contributed by atoms with E-state index < -0.39 is 12.2 Å². The van der Waals surface area contributed by atoms with Crippen molar-refractivity contribution in [1.82, 2.24) is 14.4 Å². The summed E-state index contributed by atoms with van der Waals surface area (Å²) in [7, 11) is 0. The van der Waals surface area contributed by atoms with E-state index >= 15 is 0 Å². The molecule has 1 aromatic heterocycles. The van der Waals surface area contributed by atoms with Gasteiger partial charge < -0.3 is 29.1 Å². The topological polar surface area (TPSA) is 78.2 Å². The lowest BCUT2D eigenvalue weighted by Gasteiger charge is -2.43. The maximum Gasteiger partial charge on any atom is 0.254 e. The summed E-state index contributed by atoms with van der Waals surface area (Å²) in [6, 6.07) is 15.9. The van der Waals surface area contributed by atoms with E-state index in [-0.39, 0.29) is 17.6 Å². The lowest BCUT2D eigenvalue weighted by atomic mass is 9.83. The summed E-state index contributed by atoms with van der Waals surface area (Å²) in [5, 5.41) is 10.6. The fourth-order valence-corrected chi connectivity index (χ4v) is 6.82. The van der Waals surface area contributed by atoms with Gasteiger partial charge in [0.2, 0.25) is 0 Å². The Kier molecular flexibility index (Phi) is 7.06. The van der Waals surface area contributed by atoms with Crippen LogP contribution in [0.15, 0.2) is 53.3 Å². The molecule has 2 aromatic rings. The summed E-state index contributed by atoms with van der Waals surface area (Å²) in [6.07, 6.45) is 1.89. The summed E-state index contributed by atoms with van der Waals surface area (Å²) in [5.74, 6) is 0.836. The molecule has 5 heterocycles. The number of piperazine rings is 1. The lowest BCUT2D eigenvalue weighted by molar-refractivity contribution is -0.169. The predicted molar refractivity (Wildman–Crippen MR) is 142 cm³/mol. The Bertz CT molecular complexity index is 1150. The van der Waals surface area contributed by atoms with Gasteiger partial charge in [0, 0.05) is 75.7 Å². The maximum atomic E-state index is 13.3. The van der Waals surface area contributed by atoms with E-state index in [1.54, 1.807) is 6.07 Å². The number of piperidine rings is 1. The molecular weight excluding hydrogens is 468 g/mol. The molecule has 5 atom stereocenters. The molecule has 0 aliphatic carbocycles. The third-order valence-corrected chi connectivity index (χ3v) is 8.75. The van der Waals surface area contributed by atoms with Gasteiger partial charge in [-0.25, -0.2) is 0 Å². The van der Waals surface area contributed by atoms with Crippen LogP contribution in [0.3, 0.4) is 0 Å². The average molecular weight is 507 g/mol. The first-order valence-corrected chi connectivity index (χ1v) is 13.9. The van der Waals surface area contributed by atoms with Gasteiger partial charge in [-0.05, 0) is 49.8 Å². The number of carbonyl (C=O) groups is 1. The highest BCUT2D eigenvalue weighted by Crippen LogP contribution is 2.35. The SMILES string of the molecule is O=C(C1OC(CCN2CC3CC(C2)c2cccc(=O)n2C3)CCC1O)N1CCN(c2ccccc2)CC1. The van der Waals surface area contributed by atoms with Gasteiger partial charge in [0.25, 0.3) is 11.5 Å². The number of likely N-dealkylation sites (tertiary alicyclic amines) is 1. The monoisotopic (exact) mass is 506 g/mol. The van der Waals surface area contributed by atoms with Crippen LogP contribution in [0, 0.1) is 5.92 Å². The van der Waals surface area contributed by atoms with E-state index in [9.17, 15) is 14.7 Å². The highest BCUT2D eigenvalue weighted by atomic mass is 16.5. The summed E-state index contributed by atoms with van der Waals surface area (Å²) < 4.78 is 8.23. The van der Waals surface area contributed by atoms with Crippen molar-refractivity contribution in [3.05, 3.63) is 64.6 Å². The number of carbonyl (C=O) groups excluding carboxylic acids is 1. The van der Waals surface area contributed by atoms with Gasteiger partial charge in [0.05, 0.1) is 12.2 Å². The number of anilines is 1. The number of aromatic nitrogens is 1. The highest BCUT2D eigenvalue weighted by molar-refractivity contribution is 5.82. The minimum Gasteiger partial charge on any atom is -0.390 e. The number of amides is 1. The Hall–Kier alpha value is -2.68. The standard InChI is InChI=1S/C29H38N4O4/c34-26-10-9-24(11-12-30-18-21-17-22(20-30)25-7-4-8-27(35)33(25)19-21)37-28(26)29(36)32-15-13-31(14-16-32)23-5-2-1-3-6-23/h1-8,21-22,24,26,28,34H,9-20H2. The second-order valence-electron chi connectivity index (χ2n) is 11.2. The molecule has 2 bridgehead atoms. The predicted octanol–water partition coefficient (Wildman–Crippen LogP) is 1.91. The van der Waals surface area contributed by atoms with Crippen LogP contribution >= 0.6 is 0 Å². The van der Waals surface area contributed by atoms with Crippen molar-refractivity contribution in [3.8, 4) is 0 Å². The number of hydrogen-bond acceptors (Lipinski definition) is 6. The number of hydrogen-bond donors (Lipinski definition) is 1. The zero-order chi connectivity index (χ0) is 25.4. The number of benzene rings is 1. The Balaban J connectivity index is 1.02. The number of fused-ring (bicyclic) bond motifs is 4. The van der Waals surface area contributed by atoms with E-state index in [1.165, 1.54) is 11.4 Å². The Labute approximate surface area is 218 Å². The van der Waals surface area contributed by atoms with Crippen molar-refractivity contribution in [3.63, 3.8) is 0 Å². The van der Waals surface area contributed by atoms with Crippen molar-refractivity contribution in [2.45, 2.75) is 56.5 Å². The van der Waals surface area contributed by atoms with Crippen LogP contribution in [-0.4, -0.2) is 89.5 Å². The molecule has 37 heavy (non-hydrogen) atoms. The van der Waals surface area contributed by atoms with Crippen LogP contribution < -0.4 is 10.5 Å². The Morgan fingerprint density at radius 1 is 0.946 bits per heavy atom. The van der Waals surface area contributed by atoms with Gasteiger partial charge in [-0.15, -0.1) is 0 Å². The van der Waals surface area contributed by atoms with Crippen molar-refractivity contribution >= 4 is 11.6 Å². The molecule has 3 saturated heterocycles. The fourth-order valence-electron chi connectivity index (χ4n) is 6.82. The summed E-state index contributed by atoms with van der Waals surface area (Å²) in [4.78, 5) is 32.3. The van der Waals surface area contributed by atoms with Gasteiger partial charge in [0.15, 0.2) is 6.10 Å². The average Bonchev–Trinajstić information content (AvgIpc) is 2.93. The van der Waals surface area contributed by atoms with E-state index in [0.717, 1.165) is 58.5 Å². The molecule has 4 aliphatic heterocycles. The first-order chi connectivity index (χ1) is 18.0. The highest BCUT2D eigenvalue weighted by Gasteiger charge is 2.39. The van der Waals surface area contributed by atoms with Crippen LogP contribution in [0.5, 0.6) is 0 Å². The van der Waals surface area contributed by atoms with E-state index in [1.807, 2.05) is 33.7 Å². The minimum atomic E-state index is -0.762. The molecule has 6 rings (SSSR count). The summed E-state index contributed by atoms with van der Waals surface area (Å²) in [5.41, 5.74) is 2.47. The number of aliphatic hydroxyl groups excluding tert-OH is 1. The third kappa shape index (κ3) is 5.19. The maximum absolute atomic E-state index is 13.3. The van der Waals surface area contributed by atoms with E-state index in [2.05, 4.69) is 28.0 Å². The molecule has 3 fully saturated rings. The molecule has 0 spiro atoms. The second-order valence-corrected chi connectivity index (χ2v) is 11.2. The number of nitrogens with zero attached hydrogens (tertiary/aromatic N) is 4. The molecule has 1 amide bonds. The van der Waals surface area contributed by atoms with Crippen molar-refractivity contribution in [2.75, 3.05) is 50.7 Å². The van der Waals surface area contributed by atoms with Crippen molar-refractivity contribution in [2.24, 2.45) is 5.92 Å². The number of rotatable bonds is 5. The van der Waals surface area contributed by atoms with Crippen LogP contribution in [0.2, 0.25) is 0 Å². The van der Waals surface area contributed by atoms with Crippen molar-refractivity contribution < 1.29 is 14.6 Å². The van der Waals surface area contributed by atoms with Gasteiger partial charge in [0.1, 0.15) is 0 Å². The van der Waals surface area contributed by atoms with E-state index in [0.29, 0.717) is 31.3 Å². The number of ether oxygens (including phenoxy) is 1. The third-order valence-electron chi connectivity index (χ3n) is 8.75. The first-order valence-electron chi connectivity index (χ1n) is 13.9. The molecule has 198 valence electrons. The molecule has 4 aliphatic rings. The smallest absolute Gasteiger partial charge is 0.254 e. The van der Waals surface area contributed by atoms with Crippen molar-refractivity contribution in [1.29, 1.82) is 0 Å². The van der Waals surface area contributed by atoms with Crippen LogP contribution in [-0.2, 0) is 16.1 Å². The van der Waals surface area contributed by atoms with Gasteiger partial charge in [-0.2, -0.15) is 0 Å². The summed E-state index contributed by atoms with van der Waals surface area (Å²) >= 11 is 0. The number of pyridine rings is 1. The van der Waals surface area contributed by atoms with Crippen LogP contribution in [0.4, 0.5) is 5.69 Å². The molecule has 5 unspecified atom stereocenters. The minimum absolute atomic E-state index is 0.0142. The van der Waals surface area contributed by atoms with Crippen LogP contribution in [0.1, 0.15) is 37.3 Å². The molecule has 0 saturated carbocycles. The molecule has 1 aromatic carbocycles. The van der Waals surface area contributed by atoms with Gasteiger partial charge in [-0.1, -0.05) is 24.3 Å². The molecule has 8 heteroatoms. The van der Waals surface area contributed by atoms with Gasteiger partial charge >= 0.3 is 0 Å². The quantitative estimate of drug-likeness (QED) is 0.668. The summed E-state index contributed by atoms with van der Waals surface area (Å²) in [6.45, 7) is 6.55. The Morgan fingerprint density at radius 3 is 2.57 bits per heavy atom. The van der Waals surface area contributed by atoms with Crippen LogP contribution in [0.25, 0.3) is 0 Å². The Morgan fingerprint density at radius 2 is 1.76 bits per heavy atom. The normalized spacial score (nSPS) is 30.1. The molecule has 8 nitrogen and oxygen atoms in total. The fraction of sp³-hybridized carbons (Fsp3) is 0.586. The zero-order valence-electron chi connectivity index (χ0n) is 21.5. The number of para-hydroxylation sites is 1. The molecule has 1 N–H and O–H groups in total. The zero-order valence-corrected chi connectivity index (χ0v) is 21.5. The molecular formula is C29H38N4O4. The lowest BCUT2D eigenvalue weighted by Crippen LogP contribution is -2.56. The number of aliphatic hydroxyl groups is 1. The van der Waals surface area contributed by atoms with Gasteiger partial charge in [-0.3, -0.25) is 9.59 Å². The first kappa shape index (κ1) is 24.6. The molecule has 0 radical (unpaired) electrons.